The van der Waals surface area contributed by atoms with Gasteiger partial charge in [0.1, 0.15) is 0 Å². The molecule has 0 fully saturated rings. The van der Waals surface area contributed by atoms with Gasteiger partial charge in [-0.15, -0.1) is 5.10 Å². The summed E-state index contributed by atoms with van der Waals surface area (Å²) in [5.41, 5.74) is 2.60. The van der Waals surface area contributed by atoms with Gasteiger partial charge in [-0.1, -0.05) is 52.6 Å². The van der Waals surface area contributed by atoms with Crippen LogP contribution in [-0.4, -0.2) is 39.2 Å². The van der Waals surface area contributed by atoms with Crippen LogP contribution in [0.4, 0.5) is 23.6 Å². The third kappa shape index (κ3) is 5.06. The molecule has 2 heterocycles. The van der Waals surface area contributed by atoms with E-state index in [1.54, 1.807) is 17.0 Å². The van der Waals surface area contributed by atoms with Crippen LogP contribution >= 0.6 is 23.2 Å². The Hall–Kier alpha value is -3.43. The van der Waals surface area contributed by atoms with E-state index in [9.17, 15) is 0 Å². The van der Waals surface area contributed by atoms with Crippen LogP contribution in [-0.2, 0) is 6.54 Å². The molecular weight excluding hydrogens is 451 g/mol. The molecule has 32 heavy (non-hydrogen) atoms. The first-order valence-corrected chi connectivity index (χ1v) is 10.4. The van der Waals surface area contributed by atoms with Crippen molar-refractivity contribution < 1.29 is 4.42 Å². The van der Waals surface area contributed by atoms with Crippen molar-refractivity contribution in [2.24, 2.45) is 0 Å². The number of rotatable bonds is 7. The summed E-state index contributed by atoms with van der Waals surface area (Å²) in [5, 5.41) is 15.5. The zero-order valence-electron chi connectivity index (χ0n) is 17.6. The third-order valence-corrected chi connectivity index (χ3v) is 4.98. The standard InChI is InChI=1S/C21H20Cl2N8O/c1-12-6-4-9-15(23)17(12)24-11-16-29-30-21(32-16)28-19-25-18(26-20(27-19)31(2)3)13-7-5-8-14(22)10-13/h4-10,24H,11H2,1-3H3,(H,25,26,27,28,30). The van der Waals surface area contributed by atoms with Gasteiger partial charge >= 0.3 is 6.01 Å². The summed E-state index contributed by atoms with van der Waals surface area (Å²) in [6, 6.07) is 13.1. The second-order valence-corrected chi connectivity index (χ2v) is 7.94. The van der Waals surface area contributed by atoms with Gasteiger partial charge in [-0.25, -0.2) is 0 Å². The Labute approximate surface area is 194 Å². The highest BCUT2D eigenvalue weighted by Crippen LogP contribution is 2.26. The molecule has 0 aliphatic heterocycles. The van der Waals surface area contributed by atoms with Crippen LogP contribution in [0.3, 0.4) is 0 Å². The first kappa shape index (κ1) is 21.8. The summed E-state index contributed by atoms with van der Waals surface area (Å²) in [6.45, 7) is 2.28. The van der Waals surface area contributed by atoms with Crippen molar-refractivity contribution in [1.29, 1.82) is 0 Å². The molecule has 0 radical (unpaired) electrons. The lowest BCUT2D eigenvalue weighted by atomic mass is 10.2. The zero-order valence-corrected chi connectivity index (χ0v) is 19.1. The number of aromatic nitrogens is 5. The highest BCUT2D eigenvalue weighted by molar-refractivity contribution is 6.33. The first-order chi connectivity index (χ1) is 15.4. The topological polar surface area (TPSA) is 105 Å². The molecule has 164 valence electrons. The largest absolute Gasteiger partial charge is 0.406 e. The summed E-state index contributed by atoms with van der Waals surface area (Å²) in [7, 11) is 3.68. The summed E-state index contributed by atoms with van der Waals surface area (Å²) >= 11 is 12.4. The highest BCUT2D eigenvalue weighted by atomic mass is 35.5. The van der Waals surface area contributed by atoms with E-state index >= 15 is 0 Å². The van der Waals surface area contributed by atoms with Crippen molar-refractivity contribution in [1.82, 2.24) is 25.1 Å². The molecule has 2 aromatic carbocycles. The maximum Gasteiger partial charge on any atom is 0.322 e. The average Bonchev–Trinajstić information content (AvgIpc) is 3.20. The summed E-state index contributed by atoms with van der Waals surface area (Å²) in [4.78, 5) is 15.1. The Kier molecular flexibility index (Phi) is 6.38. The molecule has 4 aromatic rings. The molecule has 0 saturated carbocycles. The molecule has 0 amide bonds. The predicted octanol–water partition coefficient (Wildman–Crippen LogP) is 4.96. The molecule has 9 nitrogen and oxygen atoms in total. The SMILES string of the molecule is Cc1cccc(Cl)c1NCc1nnc(Nc2nc(-c3cccc(Cl)c3)nc(N(C)C)n2)o1. The number of anilines is 4. The van der Waals surface area contributed by atoms with Crippen molar-refractivity contribution in [3.63, 3.8) is 0 Å². The van der Waals surface area contributed by atoms with Gasteiger partial charge in [-0.3, -0.25) is 5.32 Å². The Morgan fingerprint density at radius 1 is 1.00 bits per heavy atom. The van der Waals surface area contributed by atoms with Crippen molar-refractivity contribution in [2.45, 2.75) is 13.5 Å². The maximum absolute atomic E-state index is 6.25. The molecule has 0 atom stereocenters. The lowest BCUT2D eigenvalue weighted by molar-refractivity contribution is 0.517. The minimum Gasteiger partial charge on any atom is -0.406 e. The van der Waals surface area contributed by atoms with Gasteiger partial charge in [0.05, 0.1) is 17.3 Å². The first-order valence-electron chi connectivity index (χ1n) is 9.67. The van der Waals surface area contributed by atoms with E-state index in [0.29, 0.717) is 34.3 Å². The normalized spacial score (nSPS) is 10.8. The molecule has 4 rings (SSSR count). The molecule has 0 bridgehead atoms. The number of hydrogen-bond acceptors (Lipinski definition) is 9. The summed E-state index contributed by atoms with van der Waals surface area (Å²) in [5.74, 6) is 1.57. The minimum atomic E-state index is 0.158. The molecule has 11 heteroatoms. The molecule has 0 aliphatic rings. The van der Waals surface area contributed by atoms with E-state index in [2.05, 4.69) is 35.8 Å². The number of benzene rings is 2. The van der Waals surface area contributed by atoms with Gasteiger partial charge in [0.15, 0.2) is 5.82 Å². The van der Waals surface area contributed by atoms with Crippen LogP contribution in [0.15, 0.2) is 46.9 Å². The van der Waals surface area contributed by atoms with Gasteiger partial charge in [0.2, 0.25) is 17.8 Å². The van der Waals surface area contributed by atoms with Crippen LogP contribution in [0.2, 0.25) is 10.0 Å². The van der Waals surface area contributed by atoms with Gasteiger partial charge in [0, 0.05) is 24.7 Å². The van der Waals surface area contributed by atoms with Crippen LogP contribution in [0.1, 0.15) is 11.5 Å². The maximum atomic E-state index is 6.25. The van der Waals surface area contributed by atoms with Crippen LogP contribution in [0.5, 0.6) is 0 Å². The fraction of sp³-hybridized carbons (Fsp3) is 0.190. The van der Waals surface area contributed by atoms with Gasteiger partial charge < -0.3 is 14.6 Å². The fourth-order valence-corrected chi connectivity index (χ4v) is 3.35. The number of hydrogen-bond donors (Lipinski definition) is 2. The lowest BCUT2D eigenvalue weighted by Crippen LogP contribution is -2.15. The van der Waals surface area contributed by atoms with E-state index in [4.69, 9.17) is 27.6 Å². The lowest BCUT2D eigenvalue weighted by Gasteiger charge is -2.12. The van der Waals surface area contributed by atoms with Gasteiger partial charge in [-0.05, 0) is 30.7 Å². The monoisotopic (exact) mass is 470 g/mol. The molecule has 0 aliphatic carbocycles. The number of aryl methyl sites for hydroxylation is 1. The second-order valence-electron chi connectivity index (χ2n) is 7.10. The van der Waals surface area contributed by atoms with E-state index in [1.807, 2.05) is 51.4 Å². The van der Waals surface area contributed by atoms with Crippen LogP contribution in [0.25, 0.3) is 11.4 Å². The van der Waals surface area contributed by atoms with Crippen molar-refractivity contribution >= 4 is 46.8 Å². The zero-order chi connectivity index (χ0) is 22.7. The number of nitrogens with zero attached hydrogens (tertiary/aromatic N) is 6. The molecule has 2 aromatic heterocycles. The van der Waals surface area contributed by atoms with E-state index in [-0.39, 0.29) is 12.0 Å². The Bertz CT molecular complexity index is 1220. The van der Waals surface area contributed by atoms with Crippen molar-refractivity contribution in [2.75, 3.05) is 29.6 Å². The number of para-hydroxylation sites is 1. The molecule has 0 spiro atoms. The fourth-order valence-electron chi connectivity index (χ4n) is 2.87. The van der Waals surface area contributed by atoms with E-state index in [1.165, 1.54) is 0 Å². The van der Waals surface area contributed by atoms with Crippen LogP contribution < -0.4 is 15.5 Å². The number of nitrogens with one attached hydrogen (secondary N) is 2. The van der Waals surface area contributed by atoms with Crippen LogP contribution in [0, 0.1) is 6.92 Å². The van der Waals surface area contributed by atoms with Crippen molar-refractivity contribution in [3.8, 4) is 11.4 Å². The highest BCUT2D eigenvalue weighted by Gasteiger charge is 2.14. The van der Waals surface area contributed by atoms with Gasteiger partial charge in [0.25, 0.3) is 0 Å². The van der Waals surface area contributed by atoms with E-state index < -0.39 is 0 Å². The second kappa shape index (κ2) is 9.37. The molecule has 2 N–H and O–H groups in total. The quantitative estimate of drug-likeness (QED) is 0.387. The number of halogens is 2. The predicted molar refractivity (Wildman–Crippen MR) is 126 cm³/mol. The third-order valence-electron chi connectivity index (χ3n) is 4.43. The Morgan fingerprint density at radius 3 is 2.56 bits per heavy atom. The molecular formula is C21H20Cl2N8O. The summed E-state index contributed by atoms with van der Waals surface area (Å²) in [6.07, 6.45) is 0. The molecule has 0 saturated heterocycles. The minimum absolute atomic E-state index is 0.158. The van der Waals surface area contributed by atoms with Crippen molar-refractivity contribution in [3.05, 3.63) is 64.0 Å². The molecule has 0 unspecified atom stereocenters. The Morgan fingerprint density at radius 2 is 1.81 bits per heavy atom. The summed E-state index contributed by atoms with van der Waals surface area (Å²) < 4.78 is 5.68. The van der Waals surface area contributed by atoms with E-state index in [0.717, 1.165) is 16.8 Å². The van der Waals surface area contributed by atoms with Gasteiger partial charge in [-0.2, -0.15) is 15.0 Å². The Balaban J connectivity index is 1.53. The smallest absolute Gasteiger partial charge is 0.322 e. The average molecular weight is 471 g/mol.